The number of nitrogens with zero attached hydrogens (tertiary/aromatic N) is 2. The lowest BCUT2D eigenvalue weighted by molar-refractivity contribution is -0.124. The number of ether oxygens (including phenoxy) is 2. The molecule has 1 fully saturated rings. The van der Waals surface area contributed by atoms with Crippen LogP contribution in [0.5, 0.6) is 5.75 Å². The van der Waals surface area contributed by atoms with Crippen molar-refractivity contribution in [3.8, 4) is 5.75 Å². The molecule has 1 spiro atoms. The number of benzene rings is 1. The minimum Gasteiger partial charge on any atom is -0.490 e. The minimum atomic E-state index is -0.990. The molecule has 1 saturated heterocycles. The van der Waals surface area contributed by atoms with Crippen LogP contribution in [0.25, 0.3) is 0 Å². The molecule has 1 aromatic rings. The van der Waals surface area contributed by atoms with E-state index in [9.17, 15) is 9.59 Å². The quantitative estimate of drug-likeness (QED) is 0.708. The number of rotatable bonds is 4. The number of nitrogens with one attached hydrogen (secondary N) is 1. The second-order valence-electron chi connectivity index (χ2n) is 10.7. The maximum Gasteiger partial charge on any atom is 0.410 e. The van der Waals surface area contributed by atoms with E-state index in [-0.39, 0.29) is 11.4 Å². The molecule has 7 nitrogen and oxygen atoms in total. The first-order valence-corrected chi connectivity index (χ1v) is 11.2. The summed E-state index contributed by atoms with van der Waals surface area (Å²) >= 11 is 0. The second kappa shape index (κ2) is 8.54. The fraction of sp³-hybridized carbons (Fsp3) is 0.667. The normalized spacial score (nSPS) is 18.2. The first-order chi connectivity index (χ1) is 14.8. The summed E-state index contributed by atoms with van der Waals surface area (Å²) in [6.07, 6.45) is 0.276. The summed E-state index contributed by atoms with van der Waals surface area (Å²) in [5, 5.41) is 3.35. The van der Waals surface area contributed by atoms with Gasteiger partial charge in [0, 0.05) is 37.8 Å². The van der Waals surface area contributed by atoms with E-state index in [0.29, 0.717) is 56.1 Å². The Morgan fingerprint density at radius 2 is 1.78 bits per heavy atom. The third-order valence-electron chi connectivity index (χ3n) is 5.90. The lowest BCUT2D eigenvalue weighted by atomic mass is 9.73. The van der Waals surface area contributed by atoms with Crippen LogP contribution in [0.1, 0.15) is 59.9 Å². The number of piperidine rings is 1. The molecule has 0 bridgehead atoms. The van der Waals surface area contributed by atoms with Gasteiger partial charge in [-0.15, -0.1) is 0 Å². The predicted molar refractivity (Wildman–Crippen MR) is 122 cm³/mol. The van der Waals surface area contributed by atoms with Gasteiger partial charge in [-0.05, 0) is 66.5 Å². The smallest absolute Gasteiger partial charge is 0.410 e. The van der Waals surface area contributed by atoms with Crippen molar-refractivity contribution in [1.29, 1.82) is 0 Å². The van der Waals surface area contributed by atoms with Crippen molar-refractivity contribution in [3.05, 3.63) is 23.5 Å². The molecular formula is C24H36FN3O4. The first kappa shape index (κ1) is 24.3. The van der Waals surface area contributed by atoms with Gasteiger partial charge in [0.05, 0.1) is 11.1 Å². The Labute approximate surface area is 190 Å². The molecule has 1 N–H and O–H groups in total. The molecule has 0 saturated carbocycles. The molecule has 8 heteroatoms. The third kappa shape index (κ3) is 4.85. The number of likely N-dealkylation sites (tertiary alicyclic amines) is 1. The Kier molecular flexibility index (Phi) is 6.48. The molecule has 2 aliphatic heterocycles. The summed E-state index contributed by atoms with van der Waals surface area (Å²) in [6.45, 7) is 13.3. The van der Waals surface area contributed by atoms with Gasteiger partial charge in [0.25, 0.3) is 0 Å². The van der Waals surface area contributed by atoms with Gasteiger partial charge < -0.3 is 24.6 Å². The minimum absolute atomic E-state index is 0.0347. The van der Waals surface area contributed by atoms with Crippen molar-refractivity contribution in [2.45, 2.75) is 70.9 Å². The molecule has 0 aromatic heterocycles. The molecule has 178 valence electrons. The molecule has 0 radical (unpaired) electrons. The number of carbonyl (C=O) groups excluding carboxylic acids is 2. The van der Waals surface area contributed by atoms with Crippen LogP contribution in [-0.2, 0) is 14.9 Å². The third-order valence-corrected chi connectivity index (χ3v) is 5.90. The Morgan fingerprint density at radius 1 is 1.16 bits per heavy atom. The summed E-state index contributed by atoms with van der Waals surface area (Å²) in [6, 6.07) is 2.96. The maximum absolute atomic E-state index is 15.1. The number of anilines is 1. The van der Waals surface area contributed by atoms with E-state index in [4.69, 9.17) is 9.47 Å². The van der Waals surface area contributed by atoms with Gasteiger partial charge in [0.1, 0.15) is 23.8 Å². The van der Waals surface area contributed by atoms with E-state index in [2.05, 4.69) is 26.1 Å². The van der Waals surface area contributed by atoms with E-state index in [1.165, 1.54) is 11.0 Å². The molecule has 2 heterocycles. The SMILES string of the molecule is CN1C(=O)C2(CCN(C(=O)OC(C)(C)C)CC2)c2c(F)ccc(OCCNC(C)(C)C)c21. The summed E-state index contributed by atoms with van der Waals surface area (Å²) < 4.78 is 26.5. The molecule has 2 aliphatic rings. The Balaban J connectivity index is 1.81. The number of amides is 2. The number of carbonyl (C=O) groups is 2. The zero-order valence-electron chi connectivity index (χ0n) is 20.3. The Morgan fingerprint density at radius 3 is 2.34 bits per heavy atom. The number of halogens is 1. The van der Waals surface area contributed by atoms with Crippen LogP contribution in [0.4, 0.5) is 14.9 Å². The molecule has 3 rings (SSSR count). The highest BCUT2D eigenvalue weighted by Gasteiger charge is 2.54. The van der Waals surface area contributed by atoms with Crippen molar-refractivity contribution in [2.75, 3.05) is 38.2 Å². The predicted octanol–water partition coefficient (Wildman–Crippen LogP) is 3.84. The molecular weight excluding hydrogens is 413 g/mol. The van der Waals surface area contributed by atoms with Gasteiger partial charge in [-0.1, -0.05) is 0 Å². The molecule has 0 aliphatic carbocycles. The van der Waals surface area contributed by atoms with E-state index in [1.807, 2.05) is 20.8 Å². The average Bonchev–Trinajstić information content (AvgIpc) is 2.88. The van der Waals surface area contributed by atoms with Crippen LogP contribution in [0.3, 0.4) is 0 Å². The number of hydrogen-bond acceptors (Lipinski definition) is 5. The Hall–Kier alpha value is -2.35. The lowest BCUT2D eigenvalue weighted by Crippen LogP contribution is -2.50. The van der Waals surface area contributed by atoms with Crippen molar-refractivity contribution in [3.63, 3.8) is 0 Å². The average molecular weight is 450 g/mol. The van der Waals surface area contributed by atoms with Crippen molar-refractivity contribution < 1.29 is 23.5 Å². The molecule has 0 atom stereocenters. The standard InChI is InChI=1S/C24H36FN3O4/c1-22(2,3)26-12-15-31-17-9-8-16(25)18-19(17)27(7)20(29)24(18)10-13-28(14-11-24)21(30)32-23(4,5)6/h8-9,26H,10-15H2,1-7H3. The maximum atomic E-state index is 15.1. The highest BCUT2D eigenvalue weighted by molar-refractivity contribution is 6.09. The monoisotopic (exact) mass is 449 g/mol. The van der Waals surface area contributed by atoms with Crippen LogP contribution < -0.4 is 15.0 Å². The topological polar surface area (TPSA) is 71.1 Å². The fourth-order valence-electron chi connectivity index (χ4n) is 4.43. The van der Waals surface area contributed by atoms with E-state index in [1.54, 1.807) is 18.0 Å². The molecule has 32 heavy (non-hydrogen) atoms. The number of hydrogen-bond donors (Lipinski definition) is 1. The molecule has 0 unspecified atom stereocenters. The van der Waals surface area contributed by atoms with Gasteiger partial charge in [-0.2, -0.15) is 0 Å². The first-order valence-electron chi connectivity index (χ1n) is 11.2. The summed E-state index contributed by atoms with van der Waals surface area (Å²) in [5.41, 5.74) is -0.739. The summed E-state index contributed by atoms with van der Waals surface area (Å²) in [5.74, 6) is -0.0675. The Bertz CT molecular complexity index is 880. The zero-order valence-corrected chi connectivity index (χ0v) is 20.3. The summed E-state index contributed by atoms with van der Waals surface area (Å²) in [4.78, 5) is 28.9. The van der Waals surface area contributed by atoms with E-state index in [0.717, 1.165) is 0 Å². The van der Waals surface area contributed by atoms with Crippen LogP contribution in [0.15, 0.2) is 12.1 Å². The van der Waals surface area contributed by atoms with Crippen molar-refractivity contribution in [2.24, 2.45) is 0 Å². The molecule has 2 amide bonds. The van der Waals surface area contributed by atoms with Crippen molar-refractivity contribution >= 4 is 17.7 Å². The highest BCUT2D eigenvalue weighted by atomic mass is 19.1. The highest BCUT2D eigenvalue weighted by Crippen LogP contribution is 2.52. The second-order valence-corrected chi connectivity index (χ2v) is 10.7. The van der Waals surface area contributed by atoms with E-state index < -0.39 is 22.9 Å². The van der Waals surface area contributed by atoms with Gasteiger partial charge >= 0.3 is 6.09 Å². The van der Waals surface area contributed by atoms with Gasteiger partial charge in [0.2, 0.25) is 5.91 Å². The number of likely N-dealkylation sites (N-methyl/N-ethyl adjacent to an activating group) is 1. The molecule has 1 aromatic carbocycles. The van der Waals surface area contributed by atoms with Gasteiger partial charge in [-0.3, -0.25) is 4.79 Å². The van der Waals surface area contributed by atoms with Gasteiger partial charge in [-0.25, -0.2) is 9.18 Å². The number of fused-ring (bicyclic) bond motifs is 2. The zero-order chi connectivity index (χ0) is 23.9. The van der Waals surface area contributed by atoms with Crippen molar-refractivity contribution in [1.82, 2.24) is 10.2 Å². The largest absolute Gasteiger partial charge is 0.490 e. The fourth-order valence-corrected chi connectivity index (χ4v) is 4.43. The van der Waals surface area contributed by atoms with E-state index >= 15 is 4.39 Å². The summed E-state index contributed by atoms with van der Waals surface area (Å²) in [7, 11) is 1.66. The van der Waals surface area contributed by atoms with Gasteiger partial charge in [0.15, 0.2) is 0 Å². The van der Waals surface area contributed by atoms with Crippen LogP contribution in [-0.4, -0.2) is 61.3 Å². The van der Waals surface area contributed by atoms with Crippen LogP contribution >= 0.6 is 0 Å². The lowest BCUT2D eigenvalue weighted by Gasteiger charge is -2.38. The van der Waals surface area contributed by atoms with Crippen LogP contribution in [0.2, 0.25) is 0 Å². The van der Waals surface area contributed by atoms with Crippen LogP contribution in [0, 0.1) is 5.82 Å².